The van der Waals surface area contributed by atoms with E-state index in [-0.39, 0.29) is 5.91 Å². The lowest BCUT2D eigenvalue weighted by Gasteiger charge is -2.26. The summed E-state index contributed by atoms with van der Waals surface area (Å²) in [6.45, 7) is 5.09. The van der Waals surface area contributed by atoms with Crippen molar-refractivity contribution in [3.05, 3.63) is 54.5 Å². The lowest BCUT2D eigenvalue weighted by Crippen LogP contribution is -2.38. The molecule has 2 aromatic heterocycles. The van der Waals surface area contributed by atoms with Crippen molar-refractivity contribution in [3.8, 4) is 16.9 Å². The molecule has 0 atom stereocenters. The molecular weight excluding hydrogens is 380 g/mol. The van der Waals surface area contributed by atoms with E-state index in [2.05, 4.69) is 20.2 Å². The Hall–Kier alpha value is -3.03. The molecule has 0 aliphatic carbocycles. The molecule has 1 aliphatic rings. The fourth-order valence-corrected chi connectivity index (χ4v) is 3.57. The number of hydrogen-bond acceptors (Lipinski definition) is 6. The molecule has 1 saturated heterocycles. The highest BCUT2D eigenvalue weighted by Crippen LogP contribution is 2.28. The van der Waals surface area contributed by atoms with E-state index < -0.39 is 0 Å². The Kier molecular flexibility index (Phi) is 6.51. The third kappa shape index (κ3) is 4.75. The first kappa shape index (κ1) is 20.3. The third-order valence-corrected chi connectivity index (χ3v) is 5.27. The lowest BCUT2D eigenvalue weighted by atomic mass is 10.0. The Morgan fingerprint density at radius 1 is 1.13 bits per heavy atom. The third-order valence-electron chi connectivity index (χ3n) is 5.27. The number of carbonyl (C=O) groups is 1. The van der Waals surface area contributed by atoms with E-state index >= 15 is 0 Å². The first-order valence-electron chi connectivity index (χ1n) is 10.2. The normalized spacial score (nSPS) is 14.6. The van der Waals surface area contributed by atoms with Gasteiger partial charge in [-0.1, -0.05) is 12.1 Å². The standard InChI is InChI=1S/C23H26N4O3/c1-29-19-6-3-17(4-7-19)20-16-24-15-18-5-8-21(26-22(18)20)23(28)25-9-2-10-27-11-13-30-14-12-27/h3-8,15-16H,2,9-14H2,1H3,(H,25,28). The summed E-state index contributed by atoms with van der Waals surface area (Å²) >= 11 is 0. The number of methoxy groups -OCH3 is 1. The summed E-state index contributed by atoms with van der Waals surface area (Å²) in [5.74, 6) is 0.633. The molecule has 7 nitrogen and oxygen atoms in total. The maximum atomic E-state index is 12.6. The number of morpholine rings is 1. The number of nitrogens with one attached hydrogen (secondary N) is 1. The molecule has 7 heteroatoms. The second kappa shape index (κ2) is 9.65. The molecule has 156 valence electrons. The Bertz CT molecular complexity index is 1000. The summed E-state index contributed by atoms with van der Waals surface area (Å²) in [5.41, 5.74) is 3.03. The average Bonchev–Trinajstić information content (AvgIpc) is 2.81. The van der Waals surface area contributed by atoms with Crippen LogP contribution < -0.4 is 10.1 Å². The van der Waals surface area contributed by atoms with Gasteiger partial charge in [0.2, 0.25) is 0 Å². The highest BCUT2D eigenvalue weighted by atomic mass is 16.5. The predicted molar refractivity (Wildman–Crippen MR) is 116 cm³/mol. The monoisotopic (exact) mass is 406 g/mol. The summed E-state index contributed by atoms with van der Waals surface area (Å²) in [6.07, 6.45) is 4.45. The zero-order valence-corrected chi connectivity index (χ0v) is 17.1. The predicted octanol–water partition coefficient (Wildman–Crippen LogP) is 2.76. The molecule has 1 aromatic carbocycles. The van der Waals surface area contributed by atoms with Gasteiger partial charge in [0.15, 0.2) is 0 Å². The fourth-order valence-electron chi connectivity index (χ4n) is 3.57. The number of benzene rings is 1. The number of pyridine rings is 2. The molecule has 1 aliphatic heterocycles. The summed E-state index contributed by atoms with van der Waals surface area (Å²) in [5, 5.41) is 3.88. The Labute approximate surface area is 176 Å². The molecule has 0 radical (unpaired) electrons. The van der Waals surface area contributed by atoms with Gasteiger partial charge in [-0.2, -0.15) is 0 Å². The van der Waals surface area contributed by atoms with E-state index in [1.807, 2.05) is 30.3 Å². The minimum Gasteiger partial charge on any atom is -0.497 e. The van der Waals surface area contributed by atoms with Crippen LogP contribution in [0.1, 0.15) is 16.9 Å². The van der Waals surface area contributed by atoms with E-state index in [9.17, 15) is 4.79 Å². The Morgan fingerprint density at radius 3 is 2.70 bits per heavy atom. The van der Waals surface area contributed by atoms with E-state index in [1.54, 1.807) is 25.6 Å². The summed E-state index contributed by atoms with van der Waals surface area (Å²) in [6, 6.07) is 11.4. The maximum absolute atomic E-state index is 12.6. The number of fused-ring (bicyclic) bond motifs is 1. The molecule has 1 N–H and O–H groups in total. The number of aromatic nitrogens is 2. The highest BCUT2D eigenvalue weighted by Gasteiger charge is 2.13. The molecular formula is C23H26N4O3. The number of nitrogens with zero attached hydrogens (tertiary/aromatic N) is 3. The molecule has 0 saturated carbocycles. The topological polar surface area (TPSA) is 76.6 Å². The van der Waals surface area contributed by atoms with E-state index in [0.717, 1.165) is 67.0 Å². The SMILES string of the molecule is COc1ccc(-c2cncc3ccc(C(=O)NCCCN4CCOCC4)nc23)cc1. The van der Waals surface area contributed by atoms with Crippen LogP contribution in [0.2, 0.25) is 0 Å². The van der Waals surface area contributed by atoms with Crippen LogP contribution in [0.3, 0.4) is 0 Å². The molecule has 3 heterocycles. The molecule has 1 amide bonds. The summed E-state index contributed by atoms with van der Waals surface area (Å²) < 4.78 is 10.6. The van der Waals surface area contributed by atoms with Gasteiger partial charge in [-0.3, -0.25) is 14.7 Å². The fraction of sp³-hybridized carbons (Fsp3) is 0.348. The molecule has 4 rings (SSSR count). The van der Waals surface area contributed by atoms with Gasteiger partial charge in [-0.15, -0.1) is 0 Å². The molecule has 3 aromatic rings. The van der Waals surface area contributed by atoms with Gasteiger partial charge < -0.3 is 14.8 Å². The summed E-state index contributed by atoms with van der Waals surface area (Å²) in [4.78, 5) is 24.0. The Balaban J connectivity index is 1.45. The number of amides is 1. The van der Waals surface area contributed by atoms with Crippen molar-refractivity contribution >= 4 is 16.8 Å². The average molecular weight is 406 g/mol. The molecule has 0 spiro atoms. The van der Waals surface area contributed by atoms with Crippen molar-refractivity contribution in [2.45, 2.75) is 6.42 Å². The van der Waals surface area contributed by atoms with E-state index in [0.29, 0.717) is 12.2 Å². The Morgan fingerprint density at radius 2 is 1.93 bits per heavy atom. The smallest absolute Gasteiger partial charge is 0.269 e. The van der Waals surface area contributed by atoms with Crippen LogP contribution in [0.15, 0.2) is 48.8 Å². The quantitative estimate of drug-likeness (QED) is 0.608. The lowest BCUT2D eigenvalue weighted by molar-refractivity contribution is 0.0374. The molecule has 1 fully saturated rings. The van der Waals surface area contributed by atoms with Gasteiger partial charge in [0.1, 0.15) is 11.4 Å². The van der Waals surface area contributed by atoms with Gasteiger partial charge in [0, 0.05) is 43.0 Å². The minimum absolute atomic E-state index is 0.156. The van der Waals surface area contributed by atoms with Crippen LogP contribution in [0.5, 0.6) is 5.75 Å². The van der Waals surface area contributed by atoms with E-state index in [4.69, 9.17) is 9.47 Å². The number of ether oxygens (including phenoxy) is 2. The number of hydrogen-bond donors (Lipinski definition) is 1. The molecule has 30 heavy (non-hydrogen) atoms. The first-order valence-corrected chi connectivity index (χ1v) is 10.2. The van der Waals surface area contributed by atoms with Gasteiger partial charge in [-0.25, -0.2) is 4.98 Å². The van der Waals surface area contributed by atoms with Crippen LogP contribution in [-0.4, -0.2) is 67.3 Å². The largest absolute Gasteiger partial charge is 0.497 e. The van der Waals surface area contributed by atoms with Gasteiger partial charge in [-0.05, 0) is 42.8 Å². The second-order valence-electron chi connectivity index (χ2n) is 7.25. The van der Waals surface area contributed by atoms with Crippen molar-refractivity contribution in [2.24, 2.45) is 0 Å². The number of rotatable bonds is 7. The highest BCUT2D eigenvalue weighted by molar-refractivity contribution is 5.98. The zero-order chi connectivity index (χ0) is 20.8. The van der Waals surface area contributed by atoms with Crippen molar-refractivity contribution in [2.75, 3.05) is 46.5 Å². The van der Waals surface area contributed by atoms with Crippen LogP contribution in [0, 0.1) is 0 Å². The molecule has 0 bridgehead atoms. The first-order chi connectivity index (χ1) is 14.7. The van der Waals surface area contributed by atoms with Gasteiger partial charge >= 0.3 is 0 Å². The minimum atomic E-state index is -0.156. The van der Waals surface area contributed by atoms with Crippen molar-refractivity contribution in [3.63, 3.8) is 0 Å². The van der Waals surface area contributed by atoms with E-state index in [1.165, 1.54) is 0 Å². The van der Waals surface area contributed by atoms with Crippen molar-refractivity contribution < 1.29 is 14.3 Å². The molecule has 0 unspecified atom stereocenters. The second-order valence-corrected chi connectivity index (χ2v) is 7.25. The van der Waals surface area contributed by atoms with Crippen LogP contribution >= 0.6 is 0 Å². The van der Waals surface area contributed by atoms with Crippen LogP contribution in [0.4, 0.5) is 0 Å². The van der Waals surface area contributed by atoms with Crippen LogP contribution in [-0.2, 0) is 4.74 Å². The van der Waals surface area contributed by atoms with Crippen molar-refractivity contribution in [1.29, 1.82) is 0 Å². The zero-order valence-electron chi connectivity index (χ0n) is 17.1. The van der Waals surface area contributed by atoms with Gasteiger partial charge in [0.05, 0.1) is 25.8 Å². The number of carbonyl (C=O) groups excluding carboxylic acids is 1. The van der Waals surface area contributed by atoms with Gasteiger partial charge in [0.25, 0.3) is 5.91 Å². The summed E-state index contributed by atoms with van der Waals surface area (Å²) in [7, 11) is 1.64. The van der Waals surface area contributed by atoms with Crippen LogP contribution in [0.25, 0.3) is 22.0 Å². The maximum Gasteiger partial charge on any atom is 0.269 e. The van der Waals surface area contributed by atoms with Crippen molar-refractivity contribution in [1.82, 2.24) is 20.2 Å².